The molecular formula is C25H23N3OS2. The van der Waals surface area contributed by atoms with Crippen molar-refractivity contribution in [3.63, 3.8) is 0 Å². The molecule has 4 aromatic rings. The van der Waals surface area contributed by atoms with E-state index in [1.54, 1.807) is 28.9 Å². The van der Waals surface area contributed by atoms with Gasteiger partial charge in [0.2, 0.25) is 0 Å². The fourth-order valence-electron chi connectivity index (χ4n) is 4.03. The monoisotopic (exact) mass is 445 g/mol. The lowest BCUT2D eigenvalue weighted by Crippen LogP contribution is -2.14. The normalized spacial score (nSPS) is 14.5. The van der Waals surface area contributed by atoms with Gasteiger partial charge in [0.25, 0.3) is 0 Å². The molecule has 0 unspecified atom stereocenters. The number of aryl methyl sites for hydroxylation is 2. The molecule has 3 heterocycles. The average molecular weight is 446 g/mol. The zero-order valence-electron chi connectivity index (χ0n) is 17.6. The molecule has 1 fully saturated rings. The van der Waals surface area contributed by atoms with Gasteiger partial charge in [-0.05, 0) is 44.4 Å². The highest BCUT2D eigenvalue weighted by Gasteiger charge is 2.45. The van der Waals surface area contributed by atoms with Gasteiger partial charge in [0.15, 0.2) is 5.78 Å². The van der Waals surface area contributed by atoms with Crippen LogP contribution in [0.1, 0.15) is 56.6 Å². The highest BCUT2D eigenvalue weighted by atomic mass is 32.1. The molecule has 31 heavy (non-hydrogen) atoms. The number of benzene rings is 1. The summed E-state index contributed by atoms with van der Waals surface area (Å²) in [4.78, 5) is 27.9. The number of thiazole rings is 2. The Morgan fingerprint density at radius 3 is 2.52 bits per heavy atom. The van der Waals surface area contributed by atoms with E-state index in [-0.39, 0.29) is 11.2 Å². The van der Waals surface area contributed by atoms with Gasteiger partial charge < -0.3 is 0 Å². The maximum atomic E-state index is 12.9. The van der Waals surface area contributed by atoms with E-state index in [0.717, 1.165) is 44.8 Å². The lowest BCUT2D eigenvalue weighted by Gasteiger charge is -2.14. The van der Waals surface area contributed by atoms with Crippen LogP contribution in [0, 0.1) is 13.8 Å². The first-order valence-corrected chi connectivity index (χ1v) is 12.1. The van der Waals surface area contributed by atoms with Crippen molar-refractivity contribution < 1.29 is 4.79 Å². The number of Topliss-reactive ketones (excluding diaryl/α,β-unsaturated/α-hetero) is 1. The number of hydrogen-bond acceptors (Lipinski definition) is 6. The molecule has 0 radical (unpaired) electrons. The standard InChI is InChI=1S/C25H23N3OS2/c1-16-24(31-17(2)27-16)21-15-30-23(28-21)12-20-9-8-18(14-26-20)22(29)13-25(10-11-25)19-6-4-3-5-7-19/h3-9,14-15H,10-13H2,1-2H3. The lowest BCUT2D eigenvalue weighted by atomic mass is 9.89. The maximum absolute atomic E-state index is 12.9. The first kappa shape index (κ1) is 20.2. The van der Waals surface area contributed by atoms with E-state index in [1.807, 2.05) is 32.0 Å². The van der Waals surface area contributed by atoms with Crippen LogP contribution in [-0.2, 0) is 11.8 Å². The van der Waals surface area contributed by atoms with E-state index >= 15 is 0 Å². The number of aromatic nitrogens is 3. The zero-order chi connectivity index (χ0) is 21.4. The van der Waals surface area contributed by atoms with Crippen molar-refractivity contribution in [2.45, 2.75) is 44.9 Å². The van der Waals surface area contributed by atoms with Crippen LogP contribution in [0.25, 0.3) is 10.6 Å². The van der Waals surface area contributed by atoms with E-state index in [1.165, 1.54) is 5.56 Å². The number of carbonyl (C=O) groups is 1. The van der Waals surface area contributed by atoms with Crippen molar-refractivity contribution in [3.05, 3.63) is 86.6 Å². The van der Waals surface area contributed by atoms with Crippen LogP contribution in [0.2, 0.25) is 0 Å². The molecule has 0 amide bonds. The van der Waals surface area contributed by atoms with Crippen molar-refractivity contribution in [2.75, 3.05) is 0 Å². The molecule has 1 aliphatic carbocycles. The Kier molecular flexibility index (Phi) is 5.28. The average Bonchev–Trinajstić information content (AvgIpc) is 3.27. The van der Waals surface area contributed by atoms with E-state index in [9.17, 15) is 4.79 Å². The van der Waals surface area contributed by atoms with Crippen LogP contribution >= 0.6 is 22.7 Å². The van der Waals surface area contributed by atoms with Crippen molar-refractivity contribution in [2.24, 2.45) is 0 Å². The number of ketones is 1. The molecule has 1 aromatic carbocycles. The van der Waals surface area contributed by atoms with E-state index < -0.39 is 0 Å². The summed E-state index contributed by atoms with van der Waals surface area (Å²) in [7, 11) is 0. The van der Waals surface area contributed by atoms with Crippen LogP contribution in [0.15, 0.2) is 54.0 Å². The Bertz CT molecular complexity index is 1220. The maximum Gasteiger partial charge on any atom is 0.165 e. The number of nitrogens with zero attached hydrogens (tertiary/aromatic N) is 3. The van der Waals surface area contributed by atoms with Gasteiger partial charge in [0, 0.05) is 41.1 Å². The number of rotatable bonds is 7. The minimum absolute atomic E-state index is 0.0292. The number of carbonyl (C=O) groups excluding carboxylic acids is 1. The topological polar surface area (TPSA) is 55.7 Å². The molecule has 0 saturated heterocycles. The third-order valence-corrected chi connectivity index (χ3v) is 7.85. The van der Waals surface area contributed by atoms with E-state index in [2.05, 4.69) is 39.6 Å². The summed E-state index contributed by atoms with van der Waals surface area (Å²) in [6, 6.07) is 14.3. The van der Waals surface area contributed by atoms with Gasteiger partial charge in [-0.25, -0.2) is 9.97 Å². The first-order valence-electron chi connectivity index (χ1n) is 10.4. The number of hydrogen-bond donors (Lipinski definition) is 0. The van der Waals surface area contributed by atoms with Crippen molar-refractivity contribution in [1.29, 1.82) is 0 Å². The Labute approximate surface area is 190 Å². The molecule has 1 aliphatic rings. The highest BCUT2D eigenvalue weighted by molar-refractivity contribution is 7.16. The smallest absolute Gasteiger partial charge is 0.165 e. The lowest BCUT2D eigenvalue weighted by molar-refractivity contribution is 0.0969. The molecule has 0 bridgehead atoms. The van der Waals surface area contributed by atoms with Crippen LogP contribution in [-0.4, -0.2) is 20.7 Å². The Morgan fingerprint density at radius 1 is 1.06 bits per heavy atom. The molecule has 4 nitrogen and oxygen atoms in total. The molecule has 0 spiro atoms. The molecular weight excluding hydrogens is 422 g/mol. The predicted molar refractivity (Wildman–Crippen MR) is 126 cm³/mol. The summed E-state index contributed by atoms with van der Waals surface area (Å²) in [5, 5.41) is 4.17. The fraction of sp³-hybridized carbons (Fsp3) is 0.280. The summed E-state index contributed by atoms with van der Waals surface area (Å²) < 4.78 is 0. The summed E-state index contributed by atoms with van der Waals surface area (Å²) in [5.41, 5.74) is 4.95. The quantitative estimate of drug-likeness (QED) is 0.319. The van der Waals surface area contributed by atoms with Crippen LogP contribution in [0.4, 0.5) is 0 Å². The molecule has 1 saturated carbocycles. The predicted octanol–water partition coefficient (Wildman–Crippen LogP) is 6.17. The third kappa shape index (κ3) is 4.23. The molecule has 0 N–H and O–H groups in total. The van der Waals surface area contributed by atoms with E-state index in [0.29, 0.717) is 18.4 Å². The zero-order valence-corrected chi connectivity index (χ0v) is 19.2. The Hall–Kier alpha value is -2.70. The van der Waals surface area contributed by atoms with Gasteiger partial charge in [0.1, 0.15) is 0 Å². The Morgan fingerprint density at radius 2 is 1.87 bits per heavy atom. The largest absolute Gasteiger partial charge is 0.294 e. The SMILES string of the molecule is Cc1nc(C)c(-c2csc(Cc3ccc(C(=O)CC4(c5ccccc5)CC4)cn3)n2)s1. The second-order valence-electron chi connectivity index (χ2n) is 8.24. The Balaban J connectivity index is 1.26. The second-order valence-corrected chi connectivity index (χ2v) is 10.4. The molecule has 156 valence electrons. The fourth-order valence-corrected chi connectivity index (χ4v) is 5.79. The van der Waals surface area contributed by atoms with Crippen LogP contribution < -0.4 is 0 Å². The van der Waals surface area contributed by atoms with Gasteiger partial charge in [0.05, 0.1) is 26.3 Å². The summed E-state index contributed by atoms with van der Waals surface area (Å²) in [6.45, 7) is 4.05. The minimum Gasteiger partial charge on any atom is -0.294 e. The van der Waals surface area contributed by atoms with Crippen LogP contribution in [0.3, 0.4) is 0 Å². The van der Waals surface area contributed by atoms with Gasteiger partial charge in [-0.2, -0.15) is 0 Å². The van der Waals surface area contributed by atoms with Crippen LogP contribution in [0.5, 0.6) is 0 Å². The van der Waals surface area contributed by atoms with Crippen molar-refractivity contribution in [1.82, 2.24) is 15.0 Å². The summed E-state index contributed by atoms with van der Waals surface area (Å²) in [6.07, 6.45) is 5.12. The minimum atomic E-state index is 0.0292. The van der Waals surface area contributed by atoms with Gasteiger partial charge in [-0.3, -0.25) is 9.78 Å². The molecule has 6 heteroatoms. The van der Waals surface area contributed by atoms with E-state index in [4.69, 9.17) is 4.98 Å². The molecule has 5 rings (SSSR count). The van der Waals surface area contributed by atoms with Gasteiger partial charge >= 0.3 is 0 Å². The van der Waals surface area contributed by atoms with Crippen molar-refractivity contribution in [3.8, 4) is 10.6 Å². The second kappa shape index (κ2) is 8.09. The van der Waals surface area contributed by atoms with Gasteiger partial charge in [-0.15, -0.1) is 22.7 Å². The molecule has 0 aliphatic heterocycles. The van der Waals surface area contributed by atoms with Gasteiger partial charge in [-0.1, -0.05) is 30.3 Å². The highest BCUT2D eigenvalue weighted by Crippen LogP contribution is 2.51. The summed E-state index contributed by atoms with van der Waals surface area (Å²) in [5.74, 6) is 0.174. The number of pyridine rings is 1. The third-order valence-electron chi connectivity index (χ3n) is 5.91. The molecule has 3 aromatic heterocycles. The molecule has 0 atom stereocenters. The summed E-state index contributed by atoms with van der Waals surface area (Å²) >= 11 is 3.32. The first-order chi connectivity index (χ1) is 15.0. The van der Waals surface area contributed by atoms with Crippen molar-refractivity contribution >= 4 is 28.5 Å².